The molecule has 1 heterocycles. The van der Waals surface area contributed by atoms with Gasteiger partial charge in [-0.1, -0.05) is 6.92 Å². The highest BCUT2D eigenvalue weighted by molar-refractivity contribution is 5.76. The third-order valence-electron chi connectivity index (χ3n) is 2.84. The number of ether oxygens (including phenoxy) is 1. The zero-order chi connectivity index (χ0) is 12.8. The second kappa shape index (κ2) is 6.56. The van der Waals surface area contributed by atoms with Gasteiger partial charge in [0.1, 0.15) is 6.04 Å². The number of rotatable bonds is 5. The van der Waals surface area contributed by atoms with Gasteiger partial charge in [0.25, 0.3) is 0 Å². The Hall–Kier alpha value is -1.14. The summed E-state index contributed by atoms with van der Waals surface area (Å²) in [5.41, 5.74) is 0. The van der Waals surface area contributed by atoms with Crippen molar-refractivity contribution in [1.82, 2.24) is 10.2 Å². The Bertz CT molecular complexity index is 283. The topological polar surface area (TPSA) is 78.9 Å². The zero-order valence-corrected chi connectivity index (χ0v) is 10.3. The number of carbonyl (C=O) groups excluding carboxylic acids is 1. The van der Waals surface area contributed by atoms with E-state index in [4.69, 9.17) is 9.84 Å². The Balaban J connectivity index is 2.59. The molecule has 6 nitrogen and oxygen atoms in total. The summed E-state index contributed by atoms with van der Waals surface area (Å²) in [6, 6.07) is -0.370. The van der Waals surface area contributed by atoms with Crippen molar-refractivity contribution in [3.05, 3.63) is 0 Å². The molecule has 2 unspecified atom stereocenters. The molecule has 0 saturated carbocycles. The average molecular weight is 244 g/mol. The van der Waals surface area contributed by atoms with Crippen LogP contribution in [0.15, 0.2) is 0 Å². The lowest BCUT2D eigenvalue weighted by atomic mass is 10.1. The van der Waals surface area contributed by atoms with Crippen LogP contribution in [0.4, 0.5) is 0 Å². The summed E-state index contributed by atoms with van der Waals surface area (Å²) in [6.07, 6.45) is 0. The minimum absolute atomic E-state index is 0.280. The molecule has 0 amide bonds. The van der Waals surface area contributed by atoms with Crippen molar-refractivity contribution >= 4 is 11.9 Å². The van der Waals surface area contributed by atoms with Crippen molar-refractivity contribution in [3.8, 4) is 0 Å². The maximum Gasteiger partial charge on any atom is 0.324 e. The summed E-state index contributed by atoms with van der Waals surface area (Å²) >= 11 is 0. The molecule has 0 aromatic heterocycles. The summed E-state index contributed by atoms with van der Waals surface area (Å²) in [4.78, 5) is 24.4. The van der Waals surface area contributed by atoms with Crippen molar-refractivity contribution < 1.29 is 19.4 Å². The lowest BCUT2D eigenvalue weighted by Gasteiger charge is -2.35. The molecule has 0 spiro atoms. The van der Waals surface area contributed by atoms with Gasteiger partial charge >= 0.3 is 11.9 Å². The number of nitrogens with one attached hydrogen (secondary N) is 1. The van der Waals surface area contributed by atoms with Crippen molar-refractivity contribution in [2.45, 2.75) is 19.9 Å². The fourth-order valence-electron chi connectivity index (χ4n) is 1.87. The Morgan fingerprint density at radius 3 is 2.88 bits per heavy atom. The van der Waals surface area contributed by atoms with Crippen molar-refractivity contribution in [1.29, 1.82) is 0 Å². The Kier molecular flexibility index (Phi) is 5.37. The molecule has 0 aromatic rings. The SMILES string of the molecule is CCOC(=O)C1CNCCN1CC(C)C(=O)O. The van der Waals surface area contributed by atoms with Crippen LogP contribution in [0, 0.1) is 5.92 Å². The summed E-state index contributed by atoms with van der Waals surface area (Å²) in [7, 11) is 0. The van der Waals surface area contributed by atoms with E-state index in [9.17, 15) is 9.59 Å². The molecule has 2 atom stereocenters. The van der Waals surface area contributed by atoms with Crippen LogP contribution < -0.4 is 5.32 Å². The van der Waals surface area contributed by atoms with Gasteiger partial charge in [0, 0.05) is 26.2 Å². The molecule has 1 aliphatic heterocycles. The summed E-state index contributed by atoms with van der Waals surface area (Å²) in [6.45, 7) is 6.08. The third-order valence-corrected chi connectivity index (χ3v) is 2.84. The molecule has 17 heavy (non-hydrogen) atoms. The van der Waals surface area contributed by atoms with E-state index in [0.717, 1.165) is 6.54 Å². The molecule has 2 N–H and O–H groups in total. The molecule has 6 heteroatoms. The average Bonchev–Trinajstić information content (AvgIpc) is 2.29. The van der Waals surface area contributed by atoms with Gasteiger partial charge in [-0.3, -0.25) is 14.5 Å². The van der Waals surface area contributed by atoms with Crippen molar-refractivity contribution in [2.75, 3.05) is 32.8 Å². The monoisotopic (exact) mass is 244 g/mol. The fraction of sp³-hybridized carbons (Fsp3) is 0.818. The van der Waals surface area contributed by atoms with E-state index >= 15 is 0 Å². The molecule has 98 valence electrons. The number of carbonyl (C=O) groups is 2. The normalized spacial score (nSPS) is 23.1. The minimum Gasteiger partial charge on any atom is -0.481 e. The largest absolute Gasteiger partial charge is 0.481 e. The van der Waals surface area contributed by atoms with E-state index < -0.39 is 11.9 Å². The molecular weight excluding hydrogens is 224 g/mol. The first-order chi connectivity index (χ1) is 8.06. The minimum atomic E-state index is -0.842. The second-order valence-electron chi connectivity index (χ2n) is 4.21. The highest BCUT2D eigenvalue weighted by Gasteiger charge is 2.31. The van der Waals surface area contributed by atoms with Gasteiger partial charge in [0.05, 0.1) is 12.5 Å². The molecular formula is C11H20N2O4. The van der Waals surface area contributed by atoms with E-state index in [2.05, 4.69) is 5.32 Å². The molecule has 1 aliphatic rings. The predicted octanol–water partition coefficient (Wildman–Crippen LogP) is -0.456. The Morgan fingerprint density at radius 1 is 1.59 bits per heavy atom. The number of piperazine rings is 1. The predicted molar refractivity (Wildman–Crippen MR) is 61.7 cm³/mol. The number of hydrogen-bond acceptors (Lipinski definition) is 5. The van der Waals surface area contributed by atoms with Gasteiger partial charge in [-0.2, -0.15) is 0 Å². The number of carboxylic acids is 1. The van der Waals surface area contributed by atoms with Crippen molar-refractivity contribution in [3.63, 3.8) is 0 Å². The van der Waals surface area contributed by atoms with Crippen LogP contribution in [0.3, 0.4) is 0 Å². The fourth-order valence-corrected chi connectivity index (χ4v) is 1.87. The molecule has 1 fully saturated rings. The van der Waals surface area contributed by atoms with Crippen LogP contribution in [0.2, 0.25) is 0 Å². The molecule has 1 rings (SSSR count). The van der Waals surface area contributed by atoms with E-state index in [1.54, 1.807) is 13.8 Å². The highest BCUT2D eigenvalue weighted by atomic mass is 16.5. The quantitative estimate of drug-likeness (QED) is 0.637. The van der Waals surface area contributed by atoms with Gasteiger partial charge < -0.3 is 15.2 Å². The smallest absolute Gasteiger partial charge is 0.324 e. The lowest BCUT2D eigenvalue weighted by Crippen LogP contribution is -2.56. The number of aliphatic carboxylic acids is 1. The first-order valence-electron chi connectivity index (χ1n) is 5.90. The number of esters is 1. The summed E-state index contributed by atoms with van der Waals surface area (Å²) < 4.78 is 4.99. The molecule has 0 aliphatic carbocycles. The van der Waals surface area contributed by atoms with Crippen LogP contribution in [0.1, 0.15) is 13.8 Å². The zero-order valence-electron chi connectivity index (χ0n) is 10.3. The number of nitrogens with zero attached hydrogens (tertiary/aromatic N) is 1. The van der Waals surface area contributed by atoms with E-state index in [1.165, 1.54) is 0 Å². The maximum absolute atomic E-state index is 11.7. The maximum atomic E-state index is 11.7. The molecule has 0 aromatic carbocycles. The van der Waals surface area contributed by atoms with Crippen LogP contribution in [0.25, 0.3) is 0 Å². The standard InChI is InChI=1S/C11H20N2O4/c1-3-17-11(16)9-6-12-4-5-13(9)7-8(2)10(14)15/h8-9,12H,3-7H2,1-2H3,(H,14,15). The van der Waals surface area contributed by atoms with Gasteiger partial charge in [0.15, 0.2) is 0 Å². The van der Waals surface area contributed by atoms with Crippen LogP contribution in [0.5, 0.6) is 0 Å². The Morgan fingerprint density at radius 2 is 2.29 bits per heavy atom. The van der Waals surface area contributed by atoms with E-state index in [-0.39, 0.29) is 12.0 Å². The van der Waals surface area contributed by atoms with Crippen LogP contribution in [-0.4, -0.2) is 60.8 Å². The van der Waals surface area contributed by atoms with Gasteiger partial charge in [-0.05, 0) is 6.92 Å². The van der Waals surface area contributed by atoms with E-state index in [1.807, 2.05) is 4.90 Å². The Labute approximate surface area is 101 Å². The van der Waals surface area contributed by atoms with Gasteiger partial charge in [-0.15, -0.1) is 0 Å². The van der Waals surface area contributed by atoms with Crippen LogP contribution >= 0.6 is 0 Å². The lowest BCUT2D eigenvalue weighted by molar-refractivity contribution is -0.152. The van der Waals surface area contributed by atoms with Crippen LogP contribution in [-0.2, 0) is 14.3 Å². The summed E-state index contributed by atoms with van der Waals surface area (Å²) in [5.74, 6) is -1.60. The number of carboxylic acid groups (broad SMARTS) is 1. The summed E-state index contributed by atoms with van der Waals surface area (Å²) in [5, 5.41) is 12.0. The number of hydrogen-bond donors (Lipinski definition) is 2. The molecule has 1 saturated heterocycles. The second-order valence-corrected chi connectivity index (χ2v) is 4.21. The first-order valence-corrected chi connectivity index (χ1v) is 5.90. The van der Waals surface area contributed by atoms with Crippen molar-refractivity contribution in [2.24, 2.45) is 5.92 Å². The molecule has 0 radical (unpaired) electrons. The van der Waals surface area contributed by atoms with E-state index in [0.29, 0.717) is 26.2 Å². The highest BCUT2D eigenvalue weighted by Crippen LogP contribution is 2.09. The molecule has 0 bridgehead atoms. The van der Waals surface area contributed by atoms with Gasteiger partial charge in [0.2, 0.25) is 0 Å². The van der Waals surface area contributed by atoms with Gasteiger partial charge in [-0.25, -0.2) is 0 Å². The third kappa shape index (κ3) is 3.98. The first kappa shape index (κ1) is 13.9.